The number of nitrogens with one attached hydrogen (secondary N) is 1. The summed E-state index contributed by atoms with van der Waals surface area (Å²) >= 11 is 6.48. The summed E-state index contributed by atoms with van der Waals surface area (Å²) in [5.41, 5.74) is 1.72. The molecule has 3 heterocycles. The van der Waals surface area contributed by atoms with Gasteiger partial charge in [-0.15, -0.1) is 0 Å². The number of likely N-dealkylation sites (tertiary alicyclic amines) is 1. The van der Waals surface area contributed by atoms with Crippen LogP contribution < -0.4 is 5.32 Å². The fourth-order valence-corrected chi connectivity index (χ4v) is 4.53. The number of amidine groups is 1. The average Bonchev–Trinajstić information content (AvgIpc) is 3.11. The quantitative estimate of drug-likeness (QED) is 0.535. The van der Waals surface area contributed by atoms with E-state index in [2.05, 4.69) is 20.2 Å². The maximum Gasteiger partial charge on any atom is 0.416 e. The topological polar surface area (TPSA) is 70.0 Å². The van der Waals surface area contributed by atoms with Gasteiger partial charge in [0.1, 0.15) is 5.84 Å². The number of alkyl halides is 3. The van der Waals surface area contributed by atoms with E-state index in [9.17, 15) is 18.0 Å². The summed E-state index contributed by atoms with van der Waals surface area (Å²) in [6, 6.07) is 6.85. The molecule has 2 aliphatic heterocycles. The number of aliphatic imine (C=N–C) groups is 2. The van der Waals surface area contributed by atoms with E-state index in [1.165, 1.54) is 18.3 Å². The molecule has 0 spiro atoms. The summed E-state index contributed by atoms with van der Waals surface area (Å²) in [4.78, 5) is 28.0. The van der Waals surface area contributed by atoms with E-state index >= 15 is 0 Å². The molecule has 4 rings (SSSR count). The fraction of sp³-hybridized carbons (Fsp3) is 0.407. The molecule has 1 aromatic carbocycles. The lowest BCUT2D eigenvalue weighted by Gasteiger charge is -2.34. The number of benzene rings is 1. The lowest BCUT2D eigenvalue weighted by Crippen LogP contribution is -2.47. The minimum Gasteiger partial charge on any atom is -0.355 e. The van der Waals surface area contributed by atoms with Crippen LogP contribution in [-0.4, -0.2) is 53.5 Å². The summed E-state index contributed by atoms with van der Waals surface area (Å²) in [7, 11) is 0. The zero-order valence-electron chi connectivity index (χ0n) is 20.7. The Morgan fingerprint density at radius 3 is 2.51 bits per heavy atom. The first kappa shape index (κ1) is 26.9. The third-order valence-corrected chi connectivity index (χ3v) is 7.08. The van der Waals surface area contributed by atoms with Gasteiger partial charge >= 0.3 is 6.18 Å². The minimum absolute atomic E-state index is 0.0159. The number of hydrogen-bond acceptors (Lipinski definition) is 5. The average molecular weight is 532 g/mol. The standard InChI is InChI=1S/C27H29ClF3N5O/c1-3-17(2)26(37)34-20-9-12-36(13-10-20)24-16-33-14-22(18-4-6-19(7-5-18)27(29,30)31)25(35-24)21-8-11-32-15-23(21)28/h4-8,11,15-17,20H,3,9-10,12-14H2,1-2H3,(H,34,37). The van der Waals surface area contributed by atoms with Crippen LogP contribution in [0.4, 0.5) is 13.2 Å². The Morgan fingerprint density at radius 1 is 1.19 bits per heavy atom. The molecule has 0 aliphatic carbocycles. The van der Waals surface area contributed by atoms with Gasteiger partial charge in [0.05, 0.1) is 29.0 Å². The predicted octanol–water partition coefficient (Wildman–Crippen LogP) is 5.73. The SMILES string of the molecule is CCC(C)C(=O)NC1CCN(C2=NC(c3ccncc3Cl)=C(c3ccc(C(F)(F)F)cc3)CN=C2)CC1. The van der Waals surface area contributed by atoms with Crippen LogP contribution in [0.2, 0.25) is 5.02 Å². The summed E-state index contributed by atoms with van der Waals surface area (Å²) < 4.78 is 39.4. The predicted molar refractivity (Wildman–Crippen MR) is 140 cm³/mol. The molecule has 0 radical (unpaired) electrons. The smallest absolute Gasteiger partial charge is 0.355 e. The van der Waals surface area contributed by atoms with Crippen molar-refractivity contribution < 1.29 is 18.0 Å². The Balaban J connectivity index is 1.64. The highest BCUT2D eigenvalue weighted by Crippen LogP contribution is 2.35. The molecule has 1 amide bonds. The van der Waals surface area contributed by atoms with Crippen molar-refractivity contribution in [2.75, 3.05) is 19.6 Å². The van der Waals surface area contributed by atoms with Gasteiger partial charge in [0.15, 0.2) is 0 Å². The summed E-state index contributed by atoms with van der Waals surface area (Å²) in [6.45, 7) is 5.52. The first-order chi connectivity index (χ1) is 17.7. The number of carbonyl (C=O) groups is 1. The van der Waals surface area contributed by atoms with Crippen LogP contribution in [0.25, 0.3) is 11.3 Å². The Bertz CT molecular complexity index is 1220. The van der Waals surface area contributed by atoms with Gasteiger partial charge in [0, 0.05) is 48.6 Å². The lowest BCUT2D eigenvalue weighted by molar-refractivity contribution is -0.137. The molecule has 1 N–H and O–H groups in total. The second kappa shape index (κ2) is 11.5. The molecule has 196 valence electrons. The molecule has 1 unspecified atom stereocenters. The van der Waals surface area contributed by atoms with Crippen molar-refractivity contribution in [3.63, 3.8) is 0 Å². The van der Waals surface area contributed by atoms with Crippen molar-refractivity contribution >= 4 is 40.8 Å². The van der Waals surface area contributed by atoms with Crippen LogP contribution >= 0.6 is 11.6 Å². The van der Waals surface area contributed by atoms with Gasteiger partial charge in [-0.25, -0.2) is 4.99 Å². The van der Waals surface area contributed by atoms with Crippen LogP contribution in [-0.2, 0) is 11.0 Å². The highest BCUT2D eigenvalue weighted by Gasteiger charge is 2.30. The maximum absolute atomic E-state index is 13.1. The third-order valence-electron chi connectivity index (χ3n) is 6.78. The van der Waals surface area contributed by atoms with Crippen molar-refractivity contribution in [1.29, 1.82) is 0 Å². The molecular weight excluding hydrogens is 503 g/mol. The number of hydrogen-bond donors (Lipinski definition) is 1. The summed E-state index contributed by atoms with van der Waals surface area (Å²) in [5, 5.41) is 3.53. The Kier molecular flexibility index (Phi) is 8.32. The number of piperidine rings is 1. The number of carbonyl (C=O) groups excluding carboxylic acids is 1. The van der Waals surface area contributed by atoms with Gasteiger partial charge in [-0.3, -0.25) is 14.8 Å². The van der Waals surface area contributed by atoms with E-state index in [4.69, 9.17) is 16.6 Å². The minimum atomic E-state index is -4.42. The van der Waals surface area contributed by atoms with E-state index in [1.807, 2.05) is 13.8 Å². The van der Waals surface area contributed by atoms with Gasteiger partial charge in [-0.1, -0.05) is 37.6 Å². The fourth-order valence-electron chi connectivity index (χ4n) is 4.32. The van der Waals surface area contributed by atoms with Crippen molar-refractivity contribution in [3.05, 3.63) is 64.4 Å². The zero-order chi connectivity index (χ0) is 26.6. The molecule has 0 saturated carbocycles. The third kappa shape index (κ3) is 6.39. The van der Waals surface area contributed by atoms with Gasteiger partial charge in [0.25, 0.3) is 0 Å². The molecule has 6 nitrogen and oxygen atoms in total. The highest BCUT2D eigenvalue weighted by atomic mass is 35.5. The molecule has 37 heavy (non-hydrogen) atoms. The van der Waals surface area contributed by atoms with E-state index in [-0.39, 0.29) is 24.4 Å². The molecular formula is C27H29ClF3N5O. The van der Waals surface area contributed by atoms with Crippen LogP contribution in [0, 0.1) is 5.92 Å². The van der Waals surface area contributed by atoms with E-state index in [0.717, 1.165) is 31.4 Å². The number of halogens is 4. The van der Waals surface area contributed by atoms with Crippen LogP contribution in [0.15, 0.2) is 52.7 Å². The number of rotatable bonds is 5. The van der Waals surface area contributed by atoms with E-state index in [1.54, 1.807) is 18.5 Å². The van der Waals surface area contributed by atoms with Gasteiger partial charge in [-0.2, -0.15) is 13.2 Å². The van der Waals surface area contributed by atoms with Gasteiger partial charge in [0.2, 0.25) is 5.91 Å². The normalized spacial score (nSPS) is 17.9. The van der Waals surface area contributed by atoms with E-state index < -0.39 is 11.7 Å². The highest BCUT2D eigenvalue weighted by molar-refractivity contribution is 6.34. The number of nitrogens with zero attached hydrogens (tertiary/aromatic N) is 4. The summed E-state index contributed by atoms with van der Waals surface area (Å²) in [5.74, 6) is 0.711. The molecule has 1 aromatic heterocycles. The van der Waals surface area contributed by atoms with Gasteiger partial charge < -0.3 is 10.2 Å². The Morgan fingerprint density at radius 2 is 1.89 bits per heavy atom. The Labute approximate surface area is 219 Å². The number of amides is 1. The molecule has 2 aromatic rings. The zero-order valence-corrected chi connectivity index (χ0v) is 21.5. The van der Waals surface area contributed by atoms with Crippen LogP contribution in [0.1, 0.15) is 49.8 Å². The summed E-state index contributed by atoms with van der Waals surface area (Å²) in [6.07, 6.45) is 2.74. The van der Waals surface area contributed by atoms with Crippen LogP contribution in [0.5, 0.6) is 0 Å². The molecule has 1 atom stereocenters. The van der Waals surface area contributed by atoms with Crippen molar-refractivity contribution in [2.24, 2.45) is 15.9 Å². The molecule has 0 bridgehead atoms. The van der Waals surface area contributed by atoms with Crippen LogP contribution in [0.3, 0.4) is 0 Å². The second-order valence-electron chi connectivity index (χ2n) is 9.28. The lowest BCUT2D eigenvalue weighted by atomic mass is 9.99. The Hall–Kier alpha value is -3.20. The second-order valence-corrected chi connectivity index (χ2v) is 9.68. The molecule has 1 saturated heterocycles. The monoisotopic (exact) mass is 531 g/mol. The first-order valence-electron chi connectivity index (χ1n) is 12.3. The van der Waals surface area contributed by atoms with Crippen molar-refractivity contribution in [1.82, 2.24) is 15.2 Å². The van der Waals surface area contributed by atoms with E-state index in [0.29, 0.717) is 46.3 Å². The van der Waals surface area contributed by atoms with Gasteiger partial charge in [-0.05, 0) is 43.0 Å². The van der Waals surface area contributed by atoms with Crippen molar-refractivity contribution in [3.8, 4) is 0 Å². The maximum atomic E-state index is 13.1. The molecule has 10 heteroatoms. The number of aromatic nitrogens is 1. The first-order valence-corrected chi connectivity index (χ1v) is 12.7. The molecule has 1 fully saturated rings. The molecule has 2 aliphatic rings. The van der Waals surface area contributed by atoms with Crippen molar-refractivity contribution in [2.45, 2.75) is 45.3 Å². The number of pyridine rings is 1. The largest absolute Gasteiger partial charge is 0.416 e.